The lowest BCUT2D eigenvalue weighted by molar-refractivity contribution is -0.142. The van der Waals surface area contributed by atoms with Crippen LogP contribution < -0.4 is 10.2 Å². The molecule has 2 aliphatic heterocycles. The standard InChI is InChI=1S/C37H30BrCl2F3N4O8/c1-55-26-12-16(11-24(38)30(26)50)29-20-8-9-21-28(34(53)46(32(21)51)10-2-3-27(48)49)22(20)14-23-33(52)47(35(54)36(23,29)17-4-6-19(39)7-5-17)45-31-25(40)13-18(15-44-31)37(41,42)43/h4-8,11-13,15,21-23,28-29,50H,2-3,9-10,14H2,1H3,(H,44,45)(H,48,49)/t21-,22+,23-,28-,29-,36+/m0/s1. The number of amides is 4. The van der Waals surface area contributed by atoms with Gasteiger partial charge in [-0.25, -0.2) is 4.98 Å². The summed E-state index contributed by atoms with van der Waals surface area (Å²) in [6.45, 7) is -0.112. The minimum atomic E-state index is -4.78. The number of hydrogen-bond donors (Lipinski definition) is 3. The van der Waals surface area contributed by atoms with E-state index in [2.05, 4.69) is 26.3 Å². The van der Waals surface area contributed by atoms with Crippen LogP contribution in [-0.2, 0) is 35.6 Å². The molecule has 55 heavy (non-hydrogen) atoms. The van der Waals surface area contributed by atoms with E-state index >= 15 is 4.79 Å². The number of ether oxygens (including phenoxy) is 1. The minimum Gasteiger partial charge on any atom is -0.503 e. The van der Waals surface area contributed by atoms with E-state index in [1.54, 1.807) is 36.4 Å². The second-order valence-electron chi connectivity index (χ2n) is 13.8. The molecule has 2 aliphatic carbocycles. The van der Waals surface area contributed by atoms with E-state index in [1.807, 2.05) is 0 Å². The summed E-state index contributed by atoms with van der Waals surface area (Å²) in [6.07, 6.45) is -2.71. The Morgan fingerprint density at radius 2 is 1.78 bits per heavy atom. The van der Waals surface area contributed by atoms with Crippen molar-refractivity contribution in [2.45, 2.75) is 43.2 Å². The van der Waals surface area contributed by atoms with Crippen molar-refractivity contribution in [3.63, 3.8) is 0 Å². The molecular weight excluding hydrogens is 836 g/mol. The first-order valence-corrected chi connectivity index (χ1v) is 18.5. The van der Waals surface area contributed by atoms with Crippen molar-refractivity contribution in [2.24, 2.45) is 23.7 Å². The number of carboxylic acid groups (broad SMARTS) is 1. The van der Waals surface area contributed by atoms with Crippen LogP contribution in [0.2, 0.25) is 10.0 Å². The zero-order valence-corrected chi connectivity index (χ0v) is 31.7. The molecule has 3 N–H and O–H groups in total. The van der Waals surface area contributed by atoms with Gasteiger partial charge in [0.25, 0.3) is 11.8 Å². The Kier molecular flexibility index (Phi) is 9.91. The Hall–Kier alpha value is -4.67. The summed E-state index contributed by atoms with van der Waals surface area (Å²) < 4.78 is 46.1. The van der Waals surface area contributed by atoms with Crippen molar-refractivity contribution in [2.75, 3.05) is 19.1 Å². The number of aromatic nitrogens is 1. The monoisotopic (exact) mass is 864 g/mol. The summed E-state index contributed by atoms with van der Waals surface area (Å²) in [4.78, 5) is 74.0. The minimum absolute atomic E-state index is 0.0211. The van der Waals surface area contributed by atoms with Gasteiger partial charge >= 0.3 is 12.1 Å². The van der Waals surface area contributed by atoms with Crippen LogP contribution in [0.1, 0.15) is 48.3 Å². The molecule has 0 unspecified atom stereocenters. The number of nitrogens with zero attached hydrogens (tertiary/aromatic N) is 3. The predicted octanol–water partition coefficient (Wildman–Crippen LogP) is 6.73. The maximum absolute atomic E-state index is 15.3. The largest absolute Gasteiger partial charge is 0.503 e. The lowest BCUT2D eigenvalue weighted by atomic mass is 9.49. The first-order chi connectivity index (χ1) is 26.0. The maximum Gasteiger partial charge on any atom is 0.417 e. The first kappa shape index (κ1) is 38.6. The number of aromatic hydroxyl groups is 1. The highest BCUT2D eigenvalue weighted by Gasteiger charge is 2.70. The SMILES string of the molecule is COc1cc([C@H]2C3=CC[C@@H]4C(=O)N(CCCC(=O)O)C(=O)[C@@H]4[C@@H]3C[C@H]3C(=O)N(Nc4ncc(C(F)(F)F)cc4Cl)C(=O)[C@@]23c2ccc(Cl)cc2)cc(Br)c1O. The van der Waals surface area contributed by atoms with E-state index in [-0.39, 0.29) is 48.2 Å². The van der Waals surface area contributed by atoms with Gasteiger partial charge in [-0.1, -0.05) is 47.0 Å². The number of imide groups is 2. The molecule has 1 saturated carbocycles. The van der Waals surface area contributed by atoms with Crippen LogP contribution in [0.3, 0.4) is 0 Å². The molecule has 0 radical (unpaired) electrons. The quantitative estimate of drug-likeness (QED) is 0.155. The molecule has 2 aromatic carbocycles. The Labute approximate surface area is 329 Å². The van der Waals surface area contributed by atoms with Crippen molar-refractivity contribution in [3.05, 3.63) is 91.5 Å². The van der Waals surface area contributed by atoms with E-state index in [0.717, 1.165) is 4.90 Å². The average Bonchev–Trinajstić information content (AvgIpc) is 3.50. The third-order valence-electron chi connectivity index (χ3n) is 11.0. The van der Waals surface area contributed by atoms with Gasteiger partial charge in [0.2, 0.25) is 11.8 Å². The number of aliphatic carboxylic acids is 1. The summed E-state index contributed by atoms with van der Waals surface area (Å²) in [5, 5.41) is 20.5. The van der Waals surface area contributed by atoms with E-state index in [1.165, 1.54) is 13.2 Å². The van der Waals surface area contributed by atoms with Crippen LogP contribution in [-0.4, -0.2) is 68.4 Å². The molecule has 12 nitrogen and oxygen atoms in total. The van der Waals surface area contributed by atoms with E-state index in [9.17, 15) is 42.6 Å². The predicted molar refractivity (Wildman–Crippen MR) is 193 cm³/mol. The van der Waals surface area contributed by atoms with Gasteiger partial charge in [0.1, 0.15) is 0 Å². The third kappa shape index (κ3) is 6.22. The van der Waals surface area contributed by atoms with Crippen molar-refractivity contribution in [3.8, 4) is 11.5 Å². The van der Waals surface area contributed by atoms with Crippen LogP contribution in [0.15, 0.2) is 64.8 Å². The van der Waals surface area contributed by atoms with E-state index in [4.69, 9.17) is 27.9 Å². The highest BCUT2D eigenvalue weighted by atomic mass is 79.9. The number of carbonyl (C=O) groups is 5. The molecule has 1 aromatic heterocycles. The summed E-state index contributed by atoms with van der Waals surface area (Å²) in [5.74, 6) is -9.19. The molecule has 288 valence electrons. The Balaban J connectivity index is 1.42. The van der Waals surface area contributed by atoms with Crippen LogP contribution >= 0.6 is 39.1 Å². The second-order valence-corrected chi connectivity index (χ2v) is 15.5. The molecule has 3 aromatic rings. The van der Waals surface area contributed by atoms with Gasteiger partial charge < -0.3 is 14.9 Å². The number of likely N-dealkylation sites (tertiary alicyclic amines) is 1. The molecule has 6 atom stereocenters. The normalized spacial score (nSPS) is 26.1. The van der Waals surface area contributed by atoms with Crippen LogP contribution in [0, 0.1) is 23.7 Å². The maximum atomic E-state index is 15.3. The summed E-state index contributed by atoms with van der Waals surface area (Å²) in [5.41, 5.74) is 0.907. The van der Waals surface area contributed by atoms with Crippen molar-refractivity contribution in [1.82, 2.24) is 14.9 Å². The fourth-order valence-corrected chi connectivity index (χ4v) is 9.54. The number of anilines is 1. The number of nitrogens with one attached hydrogen (secondary N) is 1. The smallest absolute Gasteiger partial charge is 0.417 e. The lowest BCUT2D eigenvalue weighted by Gasteiger charge is -2.50. The number of benzene rings is 2. The Morgan fingerprint density at radius 3 is 2.42 bits per heavy atom. The van der Waals surface area contributed by atoms with E-state index < -0.39 is 87.2 Å². The molecule has 0 spiro atoms. The number of carboxylic acids is 1. The molecule has 0 bridgehead atoms. The van der Waals surface area contributed by atoms with Gasteiger partial charge in [0.15, 0.2) is 17.3 Å². The highest BCUT2D eigenvalue weighted by Crippen LogP contribution is 2.64. The van der Waals surface area contributed by atoms with Crippen molar-refractivity contribution in [1.29, 1.82) is 0 Å². The number of carbonyl (C=O) groups excluding carboxylic acids is 4. The number of allylic oxidation sites excluding steroid dienone is 2. The van der Waals surface area contributed by atoms with Crippen LogP contribution in [0.4, 0.5) is 19.0 Å². The van der Waals surface area contributed by atoms with Crippen LogP contribution in [0.25, 0.3) is 0 Å². The lowest BCUT2D eigenvalue weighted by Crippen LogP contribution is -2.53. The number of halogens is 6. The number of phenols is 1. The van der Waals surface area contributed by atoms with E-state index in [0.29, 0.717) is 39.0 Å². The third-order valence-corrected chi connectivity index (χ3v) is 12.2. The van der Waals surface area contributed by atoms with Gasteiger partial charge in [-0.15, -0.1) is 0 Å². The zero-order valence-electron chi connectivity index (χ0n) is 28.6. The van der Waals surface area contributed by atoms with Gasteiger partial charge in [-0.3, -0.25) is 34.3 Å². The highest BCUT2D eigenvalue weighted by molar-refractivity contribution is 9.10. The summed E-state index contributed by atoms with van der Waals surface area (Å²) in [7, 11) is 1.33. The number of methoxy groups -OCH3 is 1. The number of pyridine rings is 1. The number of hydrogen-bond acceptors (Lipinski definition) is 9. The van der Waals surface area contributed by atoms with Gasteiger partial charge in [-0.05, 0) is 82.6 Å². The van der Waals surface area contributed by atoms with Gasteiger partial charge in [-0.2, -0.15) is 18.2 Å². The Morgan fingerprint density at radius 1 is 1.07 bits per heavy atom. The number of phenolic OH excluding ortho intramolecular Hbond substituents is 1. The number of rotatable bonds is 9. The zero-order chi connectivity index (χ0) is 39.7. The van der Waals surface area contributed by atoms with Gasteiger partial charge in [0, 0.05) is 30.1 Å². The molecule has 3 heterocycles. The van der Waals surface area contributed by atoms with Crippen molar-refractivity contribution < 1.29 is 52.1 Å². The molecule has 18 heteroatoms. The van der Waals surface area contributed by atoms with Crippen LogP contribution in [0.5, 0.6) is 11.5 Å². The second kappa shape index (κ2) is 14.1. The number of hydrazine groups is 1. The number of alkyl halides is 3. The summed E-state index contributed by atoms with van der Waals surface area (Å²) in [6, 6.07) is 9.95. The molecule has 3 fully saturated rings. The van der Waals surface area contributed by atoms with Crippen molar-refractivity contribution >= 4 is 74.5 Å². The Bertz CT molecular complexity index is 2190. The first-order valence-electron chi connectivity index (χ1n) is 17.0. The fraction of sp³-hybridized carbons (Fsp3) is 0.351. The molecule has 4 amide bonds. The fourth-order valence-electron chi connectivity index (χ4n) is 8.75. The molecule has 4 aliphatic rings. The molecule has 7 rings (SSSR count). The molecule has 2 saturated heterocycles. The average molecular weight is 866 g/mol. The van der Waals surface area contributed by atoms with Gasteiger partial charge in [0.05, 0.1) is 45.3 Å². The number of fused-ring (bicyclic) bond motifs is 4. The summed E-state index contributed by atoms with van der Waals surface area (Å²) >= 11 is 15.9. The molecular formula is C37H30BrCl2F3N4O8. The topological polar surface area (TPSA) is 166 Å².